The Morgan fingerprint density at radius 2 is 1.71 bits per heavy atom. The molecule has 0 spiro atoms. The van der Waals surface area contributed by atoms with Crippen molar-refractivity contribution >= 4 is 16.9 Å². The number of rotatable bonds is 7. The maximum atomic E-state index is 12.4. The van der Waals surface area contributed by atoms with E-state index in [9.17, 15) is 9.59 Å². The number of fused-ring (bicyclic) bond motifs is 1. The monoisotopic (exact) mass is 331 g/mol. The molecule has 0 bridgehead atoms. The zero-order valence-corrected chi connectivity index (χ0v) is 14.7. The molecule has 0 atom stereocenters. The lowest BCUT2D eigenvalue weighted by Crippen LogP contribution is -2.39. The summed E-state index contributed by atoms with van der Waals surface area (Å²) < 4.78 is 10.7. The summed E-state index contributed by atoms with van der Waals surface area (Å²) in [6.45, 7) is 9.77. The Hall–Kier alpha value is -2.30. The fourth-order valence-corrected chi connectivity index (χ4v) is 2.53. The Bertz CT molecular complexity index is 738. The van der Waals surface area contributed by atoms with E-state index < -0.39 is 5.63 Å². The summed E-state index contributed by atoms with van der Waals surface area (Å²) in [7, 11) is 0. The van der Waals surface area contributed by atoms with Crippen molar-refractivity contribution in [2.75, 3.05) is 19.7 Å². The smallest absolute Gasteiger partial charge is 0.336 e. The van der Waals surface area contributed by atoms with Crippen molar-refractivity contribution in [1.29, 1.82) is 0 Å². The Balaban J connectivity index is 2.05. The van der Waals surface area contributed by atoms with Crippen LogP contribution < -0.4 is 10.4 Å². The van der Waals surface area contributed by atoms with Gasteiger partial charge in [0.05, 0.1) is 0 Å². The molecule has 1 heterocycles. The van der Waals surface area contributed by atoms with Crippen molar-refractivity contribution < 1.29 is 13.9 Å². The molecule has 0 N–H and O–H groups in total. The molecule has 1 amide bonds. The molecule has 24 heavy (non-hydrogen) atoms. The van der Waals surface area contributed by atoms with Crippen molar-refractivity contribution in [3.63, 3.8) is 0 Å². The standard InChI is InChI=1S/C19H25NO4/c1-13(2)10-20(11-14(3)4)18(21)12-23-16-7-5-15-6-8-19(22)24-17(15)9-16/h5-9,13-14H,10-12H2,1-4H3. The van der Waals surface area contributed by atoms with E-state index in [1.807, 2.05) is 4.90 Å². The molecule has 2 aromatic rings. The molecule has 0 unspecified atom stereocenters. The highest BCUT2D eigenvalue weighted by atomic mass is 16.5. The number of nitrogens with zero attached hydrogens (tertiary/aromatic N) is 1. The Kier molecular flexibility index (Phi) is 6.01. The number of ether oxygens (including phenoxy) is 1. The van der Waals surface area contributed by atoms with Gasteiger partial charge < -0.3 is 14.1 Å². The summed E-state index contributed by atoms with van der Waals surface area (Å²) in [4.78, 5) is 25.6. The van der Waals surface area contributed by atoms with Crippen LogP contribution in [0, 0.1) is 11.8 Å². The number of hydrogen-bond acceptors (Lipinski definition) is 4. The zero-order valence-electron chi connectivity index (χ0n) is 14.7. The first-order valence-electron chi connectivity index (χ1n) is 8.29. The third-order valence-corrected chi connectivity index (χ3v) is 3.48. The normalized spacial score (nSPS) is 11.2. The maximum absolute atomic E-state index is 12.4. The molecule has 0 fully saturated rings. The predicted octanol–water partition coefficient (Wildman–Crippen LogP) is 3.31. The topological polar surface area (TPSA) is 59.8 Å². The Morgan fingerprint density at radius 3 is 2.33 bits per heavy atom. The minimum atomic E-state index is -0.407. The van der Waals surface area contributed by atoms with Crippen molar-refractivity contribution in [1.82, 2.24) is 4.90 Å². The molecular formula is C19H25NO4. The van der Waals surface area contributed by atoms with Crippen LogP contribution in [0.1, 0.15) is 27.7 Å². The van der Waals surface area contributed by atoms with Gasteiger partial charge in [0.25, 0.3) is 5.91 Å². The average molecular weight is 331 g/mol. The van der Waals surface area contributed by atoms with Gasteiger partial charge in [0, 0.05) is 30.6 Å². The second kappa shape index (κ2) is 7.99. The van der Waals surface area contributed by atoms with E-state index in [1.54, 1.807) is 24.3 Å². The van der Waals surface area contributed by atoms with Gasteiger partial charge in [0.15, 0.2) is 6.61 Å². The summed E-state index contributed by atoms with van der Waals surface area (Å²) in [5.41, 5.74) is 0.0458. The van der Waals surface area contributed by atoms with Crippen molar-refractivity contribution in [3.05, 3.63) is 40.8 Å². The van der Waals surface area contributed by atoms with Crippen LogP contribution in [0.2, 0.25) is 0 Å². The summed E-state index contributed by atoms with van der Waals surface area (Å²) in [6, 6.07) is 8.29. The third-order valence-electron chi connectivity index (χ3n) is 3.48. The largest absolute Gasteiger partial charge is 0.484 e. The molecule has 5 nitrogen and oxygen atoms in total. The quantitative estimate of drug-likeness (QED) is 0.730. The Labute approximate surface area is 142 Å². The van der Waals surface area contributed by atoms with Crippen LogP contribution in [0.5, 0.6) is 5.75 Å². The summed E-state index contributed by atoms with van der Waals surface area (Å²) in [5.74, 6) is 1.29. The fraction of sp³-hybridized carbons (Fsp3) is 0.474. The van der Waals surface area contributed by atoms with E-state index in [2.05, 4.69) is 27.7 Å². The maximum Gasteiger partial charge on any atom is 0.336 e. The lowest BCUT2D eigenvalue weighted by molar-refractivity contribution is -0.134. The second-order valence-electron chi connectivity index (χ2n) is 6.83. The van der Waals surface area contributed by atoms with Crippen LogP contribution in [0.3, 0.4) is 0 Å². The molecule has 0 aliphatic carbocycles. The van der Waals surface area contributed by atoms with Crippen molar-refractivity contribution in [2.24, 2.45) is 11.8 Å². The van der Waals surface area contributed by atoms with Gasteiger partial charge in [-0.3, -0.25) is 4.79 Å². The van der Waals surface area contributed by atoms with Gasteiger partial charge in [-0.25, -0.2) is 4.79 Å². The van der Waals surface area contributed by atoms with E-state index in [4.69, 9.17) is 9.15 Å². The van der Waals surface area contributed by atoms with Crippen LogP contribution in [0.15, 0.2) is 39.5 Å². The molecule has 1 aromatic carbocycles. The van der Waals surface area contributed by atoms with Gasteiger partial charge in [-0.15, -0.1) is 0 Å². The van der Waals surface area contributed by atoms with Crippen LogP contribution in [0.25, 0.3) is 11.0 Å². The summed E-state index contributed by atoms with van der Waals surface area (Å²) in [5, 5.41) is 0.814. The van der Waals surface area contributed by atoms with Crippen LogP contribution >= 0.6 is 0 Å². The van der Waals surface area contributed by atoms with Gasteiger partial charge in [0.1, 0.15) is 11.3 Å². The summed E-state index contributed by atoms with van der Waals surface area (Å²) in [6.07, 6.45) is 0. The molecule has 1 aromatic heterocycles. The van der Waals surface area contributed by atoms with Gasteiger partial charge in [-0.05, 0) is 30.0 Å². The van der Waals surface area contributed by atoms with E-state index >= 15 is 0 Å². The minimum absolute atomic E-state index is 0.0258. The molecule has 5 heteroatoms. The molecule has 0 radical (unpaired) electrons. The van der Waals surface area contributed by atoms with Crippen LogP contribution in [-0.2, 0) is 4.79 Å². The van der Waals surface area contributed by atoms with Crippen molar-refractivity contribution in [3.8, 4) is 5.75 Å². The second-order valence-corrected chi connectivity index (χ2v) is 6.83. The van der Waals surface area contributed by atoms with Gasteiger partial charge in [-0.2, -0.15) is 0 Å². The molecule has 0 saturated carbocycles. The molecular weight excluding hydrogens is 306 g/mol. The predicted molar refractivity (Wildman–Crippen MR) is 94.2 cm³/mol. The molecule has 0 saturated heterocycles. The van der Waals surface area contributed by atoms with Gasteiger partial charge in [-0.1, -0.05) is 27.7 Å². The lowest BCUT2D eigenvalue weighted by Gasteiger charge is -2.26. The van der Waals surface area contributed by atoms with Gasteiger partial charge >= 0.3 is 5.63 Å². The zero-order chi connectivity index (χ0) is 17.7. The van der Waals surface area contributed by atoms with Crippen LogP contribution in [-0.4, -0.2) is 30.5 Å². The van der Waals surface area contributed by atoms with Gasteiger partial charge in [0.2, 0.25) is 0 Å². The number of amides is 1. The number of carbonyl (C=O) groups excluding carboxylic acids is 1. The summed E-state index contributed by atoms with van der Waals surface area (Å²) >= 11 is 0. The third kappa shape index (κ3) is 5.11. The highest BCUT2D eigenvalue weighted by Gasteiger charge is 2.17. The number of hydrogen-bond donors (Lipinski definition) is 0. The molecule has 2 rings (SSSR count). The molecule has 130 valence electrons. The van der Waals surface area contributed by atoms with Crippen molar-refractivity contribution in [2.45, 2.75) is 27.7 Å². The SMILES string of the molecule is CC(C)CN(CC(C)C)C(=O)COc1ccc2ccc(=O)oc2c1. The van der Waals surface area contributed by atoms with E-state index in [0.717, 1.165) is 5.39 Å². The molecule has 0 aliphatic rings. The van der Waals surface area contributed by atoms with E-state index in [-0.39, 0.29) is 12.5 Å². The fourth-order valence-electron chi connectivity index (χ4n) is 2.53. The average Bonchev–Trinajstić information content (AvgIpc) is 2.50. The first-order chi connectivity index (χ1) is 11.3. The lowest BCUT2D eigenvalue weighted by atomic mass is 10.1. The highest BCUT2D eigenvalue weighted by molar-refractivity contribution is 5.79. The first kappa shape index (κ1) is 18.0. The Morgan fingerprint density at radius 1 is 1.08 bits per heavy atom. The minimum Gasteiger partial charge on any atom is -0.484 e. The first-order valence-corrected chi connectivity index (χ1v) is 8.29. The van der Waals surface area contributed by atoms with Crippen LogP contribution in [0.4, 0.5) is 0 Å². The molecule has 0 aliphatic heterocycles. The number of benzene rings is 1. The van der Waals surface area contributed by atoms with E-state index in [0.29, 0.717) is 36.3 Å². The van der Waals surface area contributed by atoms with E-state index in [1.165, 1.54) is 6.07 Å². The highest BCUT2D eigenvalue weighted by Crippen LogP contribution is 2.19. The number of carbonyl (C=O) groups is 1.